The van der Waals surface area contributed by atoms with Gasteiger partial charge in [-0.2, -0.15) is 0 Å². The molecule has 0 aliphatic carbocycles. The van der Waals surface area contributed by atoms with Gasteiger partial charge in [-0.1, -0.05) is 238 Å². The lowest BCUT2D eigenvalue weighted by atomic mass is 10.0. The van der Waals surface area contributed by atoms with E-state index in [1.807, 2.05) is 33.3 Å². The van der Waals surface area contributed by atoms with E-state index in [0.29, 0.717) is 23.9 Å². The first kappa shape index (κ1) is 70.4. The number of unbranched alkanes of at least 4 members (excludes halogenated alkanes) is 18. The summed E-state index contributed by atoms with van der Waals surface area (Å²) >= 11 is 0. The molecule has 0 heterocycles. The van der Waals surface area contributed by atoms with Crippen LogP contribution in [0.1, 0.15) is 219 Å². The predicted molar refractivity (Wildman–Crippen MR) is 314 cm³/mol. The third-order valence-corrected chi connectivity index (χ3v) is 13.0. The SMILES string of the molecule is CC/C=C\C/C=C\C/C=C\C/C=C\C/C=C\C/C=C\CCCCCCCCCCCCCCCCCCCCC(=O)OC(COC(=O)CC/C=C\C/C=C\C/C=C\C/C=C\CC)COP(=O)([O-])OCC[N+](C)(C)C. The van der Waals surface area contributed by atoms with Crippen molar-refractivity contribution in [3.63, 3.8) is 0 Å². The molecule has 0 rings (SSSR count). The summed E-state index contributed by atoms with van der Waals surface area (Å²) in [4.78, 5) is 37.7. The third-order valence-electron chi connectivity index (χ3n) is 12.0. The summed E-state index contributed by atoms with van der Waals surface area (Å²) in [6.07, 6.45) is 77.2. The number of hydrogen-bond donors (Lipinski definition) is 0. The largest absolute Gasteiger partial charge is 0.756 e. The molecule has 2 atom stereocenters. The number of ether oxygens (including phenoxy) is 2. The Kier molecular flexibility index (Phi) is 51.6. The van der Waals surface area contributed by atoms with Crippen molar-refractivity contribution in [2.45, 2.75) is 225 Å². The van der Waals surface area contributed by atoms with Crippen molar-refractivity contribution in [1.82, 2.24) is 0 Å². The standard InChI is InChI=1S/C64H108NO8P/c1-6-8-10-12-14-16-18-20-21-22-23-24-25-26-27-28-29-30-31-32-33-34-35-36-37-38-39-40-41-42-43-45-47-49-51-53-55-57-64(67)73-62(61-72-74(68,69)71-59-58-65(3,4)5)60-70-63(66)56-54-52-50-48-46-44-19-17-15-13-11-9-7-2/h8-11,14-17,20-21,23-24,26-27,29-30,44,46,50,52,62H,6-7,12-13,18-19,22,25,28,31-43,45,47-49,51,53-61H2,1-5H3/b10-8-,11-9-,16-14-,17-15-,21-20-,24-23-,27-26-,30-29-,46-44-,52-50-. The lowest BCUT2D eigenvalue weighted by molar-refractivity contribution is -0.870. The molecule has 0 radical (unpaired) electrons. The molecule has 0 bridgehead atoms. The van der Waals surface area contributed by atoms with Crippen LogP contribution in [0, 0.1) is 0 Å². The molecule has 422 valence electrons. The molecular formula is C64H108NO8P. The number of likely N-dealkylation sites (N-methyl/N-ethyl adjacent to an activating group) is 1. The first-order valence-electron chi connectivity index (χ1n) is 29.2. The number of carbonyl (C=O) groups is 2. The fraction of sp³-hybridized carbons (Fsp3) is 0.656. The van der Waals surface area contributed by atoms with E-state index >= 15 is 0 Å². The van der Waals surface area contributed by atoms with Crippen molar-refractivity contribution in [2.24, 2.45) is 0 Å². The van der Waals surface area contributed by atoms with E-state index in [0.717, 1.165) is 83.5 Å². The number of quaternary nitrogens is 1. The number of phosphoric ester groups is 1. The molecule has 0 saturated heterocycles. The number of rotatable bonds is 52. The summed E-state index contributed by atoms with van der Waals surface area (Å²) in [6.45, 7) is 3.91. The molecule has 0 aliphatic rings. The molecule has 74 heavy (non-hydrogen) atoms. The molecule has 9 nitrogen and oxygen atoms in total. The molecular weight excluding hydrogens is 942 g/mol. The number of carbonyl (C=O) groups excluding carboxylic acids is 2. The topological polar surface area (TPSA) is 111 Å². The Bertz CT molecular complexity index is 1660. The quantitative estimate of drug-likeness (QED) is 0.0195. The van der Waals surface area contributed by atoms with Crippen molar-refractivity contribution in [3.8, 4) is 0 Å². The number of allylic oxidation sites excluding steroid dienone is 20. The summed E-state index contributed by atoms with van der Waals surface area (Å²) in [7, 11) is 1.12. The van der Waals surface area contributed by atoms with Crippen LogP contribution < -0.4 is 4.89 Å². The van der Waals surface area contributed by atoms with Crippen LogP contribution in [0.4, 0.5) is 0 Å². The molecule has 2 unspecified atom stereocenters. The van der Waals surface area contributed by atoms with Gasteiger partial charge in [0.1, 0.15) is 19.8 Å². The number of esters is 2. The third kappa shape index (κ3) is 57.7. The Morgan fingerprint density at radius 1 is 0.419 bits per heavy atom. The maximum absolute atomic E-state index is 12.8. The second kappa shape index (κ2) is 54.2. The van der Waals surface area contributed by atoms with Crippen LogP contribution in [0.2, 0.25) is 0 Å². The fourth-order valence-corrected chi connectivity index (χ4v) is 8.28. The number of nitrogens with zero attached hydrogens (tertiary/aromatic N) is 1. The van der Waals surface area contributed by atoms with Crippen molar-refractivity contribution < 1.29 is 42.1 Å². The highest BCUT2D eigenvalue weighted by Gasteiger charge is 2.21. The zero-order valence-corrected chi connectivity index (χ0v) is 48.6. The molecule has 0 aromatic heterocycles. The maximum atomic E-state index is 12.8. The fourth-order valence-electron chi connectivity index (χ4n) is 7.56. The minimum Gasteiger partial charge on any atom is -0.756 e. The van der Waals surface area contributed by atoms with E-state index < -0.39 is 32.5 Å². The molecule has 0 aliphatic heterocycles. The van der Waals surface area contributed by atoms with Crippen molar-refractivity contribution in [3.05, 3.63) is 122 Å². The molecule has 0 aromatic carbocycles. The van der Waals surface area contributed by atoms with Gasteiger partial charge in [-0.25, -0.2) is 0 Å². The van der Waals surface area contributed by atoms with Crippen LogP contribution in [0.25, 0.3) is 0 Å². The minimum absolute atomic E-state index is 0.0455. The lowest BCUT2D eigenvalue weighted by Crippen LogP contribution is -2.37. The average Bonchev–Trinajstić information content (AvgIpc) is 3.36. The van der Waals surface area contributed by atoms with Crippen LogP contribution in [0.15, 0.2) is 122 Å². The molecule has 0 fully saturated rings. The number of phosphoric acid groups is 1. The highest BCUT2D eigenvalue weighted by molar-refractivity contribution is 7.45. The second-order valence-corrected chi connectivity index (χ2v) is 21.7. The summed E-state index contributed by atoms with van der Waals surface area (Å²) in [6, 6.07) is 0. The monoisotopic (exact) mass is 1050 g/mol. The lowest BCUT2D eigenvalue weighted by Gasteiger charge is -2.28. The van der Waals surface area contributed by atoms with E-state index in [1.54, 1.807) is 0 Å². The normalized spacial score (nSPS) is 14.2. The van der Waals surface area contributed by atoms with Crippen LogP contribution in [0.5, 0.6) is 0 Å². The Balaban J connectivity index is 4.03. The number of hydrogen-bond acceptors (Lipinski definition) is 8. The van der Waals surface area contributed by atoms with E-state index in [4.69, 9.17) is 18.5 Å². The molecule has 10 heteroatoms. The van der Waals surface area contributed by atoms with Gasteiger partial charge in [0.2, 0.25) is 0 Å². The Morgan fingerprint density at radius 3 is 1.14 bits per heavy atom. The van der Waals surface area contributed by atoms with Crippen LogP contribution in [-0.2, 0) is 32.7 Å². The predicted octanol–water partition coefficient (Wildman–Crippen LogP) is 17.7. The van der Waals surface area contributed by atoms with Crippen LogP contribution in [-0.4, -0.2) is 70.0 Å². The van der Waals surface area contributed by atoms with E-state index in [1.165, 1.54) is 96.3 Å². The van der Waals surface area contributed by atoms with Gasteiger partial charge in [-0.3, -0.25) is 14.2 Å². The Morgan fingerprint density at radius 2 is 0.757 bits per heavy atom. The van der Waals surface area contributed by atoms with E-state index in [2.05, 4.69) is 123 Å². The molecule has 0 saturated carbocycles. The molecule has 0 spiro atoms. The molecule has 0 aromatic rings. The second-order valence-electron chi connectivity index (χ2n) is 20.2. The highest BCUT2D eigenvalue weighted by Crippen LogP contribution is 2.38. The highest BCUT2D eigenvalue weighted by atomic mass is 31.2. The first-order valence-corrected chi connectivity index (χ1v) is 30.7. The van der Waals surface area contributed by atoms with Gasteiger partial charge in [0.15, 0.2) is 6.10 Å². The Labute approximate surface area is 454 Å². The van der Waals surface area contributed by atoms with E-state index in [9.17, 15) is 19.0 Å². The van der Waals surface area contributed by atoms with Gasteiger partial charge in [0.05, 0.1) is 27.7 Å². The smallest absolute Gasteiger partial charge is 0.306 e. The van der Waals surface area contributed by atoms with Gasteiger partial charge in [0.25, 0.3) is 7.82 Å². The van der Waals surface area contributed by atoms with Gasteiger partial charge in [-0.05, 0) is 89.9 Å². The van der Waals surface area contributed by atoms with Crippen molar-refractivity contribution in [2.75, 3.05) is 47.5 Å². The minimum atomic E-state index is -4.65. The van der Waals surface area contributed by atoms with Crippen LogP contribution >= 0.6 is 7.82 Å². The average molecular weight is 1050 g/mol. The van der Waals surface area contributed by atoms with E-state index in [-0.39, 0.29) is 26.1 Å². The molecule has 0 amide bonds. The summed E-state index contributed by atoms with van der Waals surface area (Å²) in [5.74, 6) is -0.932. The maximum Gasteiger partial charge on any atom is 0.306 e. The van der Waals surface area contributed by atoms with Crippen LogP contribution in [0.3, 0.4) is 0 Å². The van der Waals surface area contributed by atoms with Crippen molar-refractivity contribution in [1.29, 1.82) is 0 Å². The summed E-state index contributed by atoms with van der Waals surface area (Å²) in [5.41, 5.74) is 0. The zero-order chi connectivity index (χ0) is 54.2. The Hall–Kier alpha value is -3.59. The summed E-state index contributed by atoms with van der Waals surface area (Å²) < 4.78 is 34.0. The first-order chi connectivity index (χ1) is 36.0. The molecule has 0 N–H and O–H groups in total. The van der Waals surface area contributed by atoms with Gasteiger partial charge in [-0.15, -0.1) is 0 Å². The van der Waals surface area contributed by atoms with Gasteiger partial charge in [0, 0.05) is 12.8 Å². The van der Waals surface area contributed by atoms with Gasteiger partial charge < -0.3 is 27.9 Å². The zero-order valence-electron chi connectivity index (χ0n) is 47.7. The van der Waals surface area contributed by atoms with Crippen molar-refractivity contribution >= 4 is 19.8 Å². The van der Waals surface area contributed by atoms with Gasteiger partial charge >= 0.3 is 11.9 Å². The summed E-state index contributed by atoms with van der Waals surface area (Å²) in [5, 5.41) is 0.